The van der Waals surface area contributed by atoms with Gasteiger partial charge in [-0.25, -0.2) is 4.79 Å². The molecule has 1 aliphatic heterocycles. The average Bonchev–Trinajstić information content (AvgIpc) is 2.37. The van der Waals surface area contributed by atoms with Crippen LogP contribution in [0.4, 0.5) is 4.79 Å². The van der Waals surface area contributed by atoms with Gasteiger partial charge in [0.2, 0.25) is 0 Å². The molecule has 22 heavy (non-hydrogen) atoms. The van der Waals surface area contributed by atoms with Gasteiger partial charge in [0.1, 0.15) is 11.9 Å². The Balaban J connectivity index is 2.48. The SMILES string of the molecule is CCOP(=O)(CN1CCN(C(=O)OC(C)(C)C)CC1)OCC. The lowest BCUT2D eigenvalue weighted by Gasteiger charge is -2.36. The van der Waals surface area contributed by atoms with Crippen LogP contribution in [-0.4, -0.2) is 67.2 Å². The van der Waals surface area contributed by atoms with Gasteiger partial charge in [-0.1, -0.05) is 0 Å². The van der Waals surface area contributed by atoms with Gasteiger partial charge in [-0.2, -0.15) is 0 Å². The summed E-state index contributed by atoms with van der Waals surface area (Å²) in [6.07, 6.45) is -0.0402. The molecule has 0 unspecified atom stereocenters. The van der Waals surface area contributed by atoms with Crippen LogP contribution < -0.4 is 0 Å². The number of piperazine rings is 1. The van der Waals surface area contributed by atoms with Crippen molar-refractivity contribution in [2.45, 2.75) is 40.2 Å². The predicted octanol–water partition coefficient (Wildman–Crippen LogP) is 2.76. The number of ether oxygens (including phenoxy) is 1. The van der Waals surface area contributed by atoms with Crippen molar-refractivity contribution < 1.29 is 23.1 Å². The zero-order chi connectivity index (χ0) is 16.8. The Morgan fingerprint density at radius 2 is 1.55 bits per heavy atom. The molecule has 0 aromatic rings. The molecule has 1 saturated heterocycles. The van der Waals surface area contributed by atoms with Crippen molar-refractivity contribution in [3.8, 4) is 0 Å². The van der Waals surface area contributed by atoms with Crippen molar-refractivity contribution in [3.63, 3.8) is 0 Å². The molecule has 0 N–H and O–H groups in total. The second-order valence-corrected chi connectivity index (χ2v) is 8.19. The summed E-state index contributed by atoms with van der Waals surface area (Å²) in [5.74, 6) is 0. The number of nitrogens with zero attached hydrogens (tertiary/aromatic N) is 2. The molecule has 1 aliphatic rings. The zero-order valence-electron chi connectivity index (χ0n) is 14.3. The third-order valence-corrected chi connectivity index (χ3v) is 5.10. The van der Waals surface area contributed by atoms with Crippen molar-refractivity contribution in [1.29, 1.82) is 0 Å². The summed E-state index contributed by atoms with van der Waals surface area (Å²) >= 11 is 0. The highest BCUT2D eigenvalue weighted by molar-refractivity contribution is 7.53. The Morgan fingerprint density at radius 1 is 1.05 bits per heavy atom. The highest BCUT2D eigenvalue weighted by Crippen LogP contribution is 2.48. The standard InChI is InChI=1S/C14H29N2O5P/c1-6-19-22(18,20-7-2)12-15-8-10-16(11-9-15)13(17)21-14(3,4)5/h6-12H2,1-5H3. The minimum absolute atomic E-state index is 0.261. The van der Waals surface area contributed by atoms with Crippen LogP contribution in [0.2, 0.25) is 0 Å². The summed E-state index contributed by atoms with van der Waals surface area (Å²) in [7, 11) is -3.07. The van der Waals surface area contributed by atoms with E-state index in [-0.39, 0.29) is 12.4 Å². The smallest absolute Gasteiger partial charge is 0.410 e. The summed E-state index contributed by atoms with van der Waals surface area (Å²) in [5.41, 5.74) is -0.492. The second kappa shape index (κ2) is 8.29. The fourth-order valence-electron chi connectivity index (χ4n) is 2.16. The van der Waals surface area contributed by atoms with E-state index in [4.69, 9.17) is 13.8 Å². The number of amides is 1. The molecule has 0 atom stereocenters. The summed E-state index contributed by atoms with van der Waals surface area (Å²) in [5, 5.41) is 0. The van der Waals surface area contributed by atoms with Crippen LogP contribution in [0.25, 0.3) is 0 Å². The minimum atomic E-state index is -3.07. The van der Waals surface area contributed by atoms with E-state index in [1.807, 2.05) is 25.7 Å². The predicted molar refractivity (Wildman–Crippen MR) is 85.1 cm³/mol. The monoisotopic (exact) mass is 336 g/mol. The van der Waals surface area contributed by atoms with Crippen molar-refractivity contribution >= 4 is 13.7 Å². The van der Waals surface area contributed by atoms with Crippen LogP contribution in [0.1, 0.15) is 34.6 Å². The lowest BCUT2D eigenvalue weighted by molar-refractivity contribution is 0.0154. The van der Waals surface area contributed by atoms with Gasteiger partial charge in [0.05, 0.1) is 13.2 Å². The van der Waals surface area contributed by atoms with E-state index in [1.165, 1.54) is 0 Å². The van der Waals surface area contributed by atoms with Crippen molar-refractivity contribution in [2.75, 3.05) is 45.7 Å². The Morgan fingerprint density at radius 3 is 1.95 bits per heavy atom. The van der Waals surface area contributed by atoms with E-state index < -0.39 is 13.2 Å². The third-order valence-electron chi connectivity index (χ3n) is 3.05. The van der Waals surface area contributed by atoms with Crippen LogP contribution >= 0.6 is 7.60 Å². The van der Waals surface area contributed by atoms with Crippen LogP contribution in [0.15, 0.2) is 0 Å². The summed E-state index contributed by atoms with van der Waals surface area (Å²) in [6, 6.07) is 0. The molecule has 1 heterocycles. The normalized spacial score (nSPS) is 17.6. The molecule has 1 amide bonds. The van der Waals surface area contributed by atoms with Gasteiger partial charge in [0.15, 0.2) is 0 Å². The molecule has 0 aromatic heterocycles. The zero-order valence-corrected chi connectivity index (χ0v) is 15.2. The lowest BCUT2D eigenvalue weighted by Crippen LogP contribution is -2.50. The van der Waals surface area contributed by atoms with Crippen molar-refractivity contribution in [3.05, 3.63) is 0 Å². The molecular weight excluding hydrogens is 307 g/mol. The van der Waals surface area contributed by atoms with Crippen LogP contribution in [0, 0.1) is 0 Å². The largest absolute Gasteiger partial charge is 0.444 e. The Labute approximate surface area is 133 Å². The topological polar surface area (TPSA) is 68.3 Å². The number of rotatable bonds is 6. The van der Waals surface area contributed by atoms with E-state index in [1.54, 1.807) is 18.7 Å². The molecule has 1 fully saturated rings. The molecule has 7 nitrogen and oxygen atoms in total. The molecule has 0 saturated carbocycles. The molecule has 130 valence electrons. The molecule has 0 aliphatic carbocycles. The fraction of sp³-hybridized carbons (Fsp3) is 0.929. The fourth-order valence-corrected chi connectivity index (χ4v) is 3.95. The van der Waals surface area contributed by atoms with Gasteiger partial charge < -0.3 is 18.7 Å². The number of carbonyl (C=O) groups is 1. The molecule has 0 aromatic carbocycles. The first-order chi connectivity index (χ1) is 10.2. The Hall–Kier alpha value is -0.620. The minimum Gasteiger partial charge on any atom is -0.444 e. The van der Waals surface area contributed by atoms with Crippen LogP contribution in [0.5, 0.6) is 0 Å². The first-order valence-corrected chi connectivity index (χ1v) is 9.50. The summed E-state index contributed by atoms with van der Waals surface area (Å²) < 4.78 is 28.4. The Bertz CT molecular complexity index is 393. The summed E-state index contributed by atoms with van der Waals surface area (Å²) in [4.78, 5) is 15.7. The highest BCUT2D eigenvalue weighted by atomic mass is 31.2. The van der Waals surface area contributed by atoms with Gasteiger partial charge in [0, 0.05) is 26.2 Å². The van der Waals surface area contributed by atoms with Gasteiger partial charge in [-0.3, -0.25) is 9.46 Å². The van der Waals surface area contributed by atoms with E-state index in [0.717, 1.165) is 0 Å². The third kappa shape index (κ3) is 6.65. The van der Waals surface area contributed by atoms with Crippen LogP contribution in [0.3, 0.4) is 0 Å². The maximum Gasteiger partial charge on any atom is 0.410 e. The molecular formula is C14H29N2O5P. The first kappa shape index (κ1) is 19.4. The number of hydrogen-bond acceptors (Lipinski definition) is 6. The maximum atomic E-state index is 12.5. The maximum absolute atomic E-state index is 12.5. The van der Waals surface area contributed by atoms with Gasteiger partial charge in [0.25, 0.3) is 0 Å². The number of carbonyl (C=O) groups excluding carboxylic acids is 1. The van der Waals surface area contributed by atoms with Crippen molar-refractivity contribution in [1.82, 2.24) is 9.80 Å². The van der Waals surface area contributed by atoms with Gasteiger partial charge in [-0.15, -0.1) is 0 Å². The number of hydrogen-bond donors (Lipinski definition) is 0. The highest BCUT2D eigenvalue weighted by Gasteiger charge is 2.31. The second-order valence-electron chi connectivity index (χ2n) is 6.17. The summed E-state index contributed by atoms with van der Waals surface area (Å²) in [6.45, 7) is 12.2. The first-order valence-electron chi connectivity index (χ1n) is 7.77. The lowest BCUT2D eigenvalue weighted by atomic mass is 10.2. The molecule has 0 radical (unpaired) electrons. The van der Waals surface area contributed by atoms with Gasteiger partial charge >= 0.3 is 13.7 Å². The van der Waals surface area contributed by atoms with E-state index in [0.29, 0.717) is 39.4 Å². The molecule has 0 spiro atoms. The van der Waals surface area contributed by atoms with Crippen LogP contribution in [-0.2, 0) is 18.3 Å². The van der Waals surface area contributed by atoms with Gasteiger partial charge in [-0.05, 0) is 34.6 Å². The van der Waals surface area contributed by atoms with E-state index >= 15 is 0 Å². The quantitative estimate of drug-likeness (QED) is 0.695. The molecule has 1 rings (SSSR count). The van der Waals surface area contributed by atoms with Crippen molar-refractivity contribution in [2.24, 2.45) is 0 Å². The van der Waals surface area contributed by atoms with E-state index in [9.17, 15) is 9.36 Å². The van der Waals surface area contributed by atoms with E-state index in [2.05, 4.69) is 0 Å². The average molecular weight is 336 g/mol. The molecule has 0 bridgehead atoms. The molecule has 8 heteroatoms. The Kier molecular flexibility index (Phi) is 7.32.